The van der Waals surface area contributed by atoms with Crippen molar-refractivity contribution in [3.63, 3.8) is 0 Å². The fourth-order valence-electron chi connectivity index (χ4n) is 2.35. The second-order valence-electron chi connectivity index (χ2n) is 5.04. The summed E-state index contributed by atoms with van der Waals surface area (Å²) < 4.78 is 0. The molecule has 1 aliphatic rings. The van der Waals surface area contributed by atoms with Crippen LogP contribution in [0.3, 0.4) is 0 Å². The molecule has 0 saturated heterocycles. The molecule has 0 bridgehead atoms. The van der Waals surface area contributed by atoms with E-state index in [0.717, 1.165) is 24.9 Å². The van der Waals surface area contributed by atoms with Crippen LogP contribution < -0.4 is 10.2 Å². The Morgan fingerprint density at radius 3 is 2.35 bits per heavy atom. The number of hydrogen-bond acceptors (Lipinski definition) is 3. The number of nitrogens with one attached hydrogen (secondary N) is 1. The van der Waals surface area contributed by atoms with Gasteiger partial charge in [0.25, 0.3) is 0 Å². The van der Waals surface area contributed by atoms with E-state index in [1.165, 1.54) is 12.1 Å². The zero-order valence-corrected chi connectivity index (χ0v) is 10.7. The standard InChI is InChI=1S/C14H22N2O/c1-16(2)12-9-7-11(8-10-12)15-13-5-3-4-6-14(13)17/h7-10,13-15,17H,3-6H2,1-2H3/t13-,14-/m0/s1. The fraction of sp³-hybridized carbons (Fsp3) is 0.571. The van der Waals surface area contributed by atoms with Crippen LogP contribution >= 0.6 is 0 Å². The minimum absolute atomic E-state index is 0.197. The highest BCUT2D eigenvalue weighted by molar-refractivity contribution is 5.54. The Hall–Kier alpha value is -1.22. The summed E-state index contributed by atoms with van der Waals surface area (Å²) in [5.74, 6) is 0. The van der Waals surface area contributed by atoms with E-state index in [1.807, 2.05) is 14.1 Å². The highest BCUT2D eigenvalue weighted by atomic mass is 16.3. The van der Waals surface area contributed by atoms with Crippen LogP contribution in [0.15, 0.2) is 24.3 Å². The van der Waals surface area contributed by atoms with Crippen LogP contribution in [0.5, 0.6) is 0 Å². The number of aliphatic hydroxyl groups is 1. The SMILES string of the molecule is CN(C)c1ccc(N[C@H]2CCCC[C@@H]2O)cc1. The number of aliphatic hydroxyl groups excluding tert-OH is 1. The van der Waals surface area contributed by atoms with Gasteiger partial charge in [0.15, 0.2) is 0 Å². The van der Waals surface area contributed by atoms with Crippen molar-refractivity contribution in [2.24, 2.45) is 0 Å². The van der Waals surface area contributed by atoms with Gasteiger partial charge in [0.1, 0.15) is 0 Å². The van der Waals surface area contributed by atoms with Gasteiger partial charge >= 0.3 is 0 Å². The fourth-order valence-corrected chi connectivity index (χ4v) is 2.35. The molecule has 0 unspecified atom stereocenters. The third-order valence-electron chi connectivity index (χ3n) is 3.47. The molecule has 3 nitrogen and oxygen atoms in total. The van der Waals surface area contributed by atoms with Gasteiger partial charge in [-0.3, -0.25) is 0 Å². The first kappa shape index (κ1) is 12.2. The summed E-state index contributed by atoms with van der Waals surface area (Å²) in [7, 11) is 4.07. The van der Waals surface area contributed by atoms with Crippen LogP contribution in [0.4, 0.5) is 11.4 Å². The topological polar surface area (TPSA) is 35.5 Å². The van der Waals surface area contributed by atoms with Crippen LogP contribution in [0.1, 0.15) is 25.7 Å². The Balaban J connectivity index is 1.98. The Bertz CT molecular complexity index is 348. The summed E-state index contributed by atoms with van der Waals surface area (Å²) >= 11 is 0. The monoisotopic (exact) mass is 234 g/mol. The molecule has 1 fully saturated rings. The van der Waals surface area contributed by atoms with Crippen LogP contribution in [0, 0.1) is 0 Å². The summed E-state index contributed by atoms with van der Waals surface area (Å²) in [5, 5.41) is 13.3. The van der Waals surface area contributed by atoms with Crippen LogP contribution in [0.2, 0.25) is 0 Å². The summed E-state index contributed by atoms with van der Waals surface area (Å²) in [5.41, 5.74) is 2.29. The van der Waals surface area contributed by atoms with E-state index in [9.17, 15) is 5.11 Å². The van der Waals surface area contributed by atoms with Crippen molar-refractivity contribution in [2.45, 2.75) is 37.8 Å². The first-order valence-electron chi connectivity index (χ1n) is 6.39. The van der Waals surface area contributed by atoms with Crippen molar-refractivity contribution in [2.75, 3.05) is 24.3 Å². The third kappa shape index (κ3) is 3.13. The van der Waals surface area contributed by atoms with Gasteiger partial charge in [-0.25, -0.2) is 0 Å². The molecule has 0 amide bonds. The molecule has 1 aromatic rings. The summed E-state index contributed by atoms with van der Waals surface area (Å²) in [6.45, 7) is 0. The minimum Gasteiger partial charge on any atom is -0.391 e. The summed E-state index contributed by atoms with van der Waals surface area (Å²) in [6.07, 6.45) is 4.16. The van der Waals surface area contributed by atoms with E-state index in [0.29, 0.717) is 0 Å². The zero-order chi connectivity index (χ0) is 12.3. The molecule has 2 rings (SSSR count). The lowest BCUT2D eigenvalue weighted by Crippen LogP contribution is -2.36. The van der Waals surface area contributed by atoms with E-state index in [-0.39, 0.29) is 12.1 Å². The first-order chi connectivity index (χ1) is 8.16. The van der Waals surface area contributed by atoms with Crippen molar-refractivity contribution in [1.82, 2.24) is 0 Å². The van der Waals surface area contributed by atoms with E-state index >= 15 is 0 Å². The molecule has 0 spiro atoms. The van der Waals surface area contributed by atoms with Gasteiger partial charge in [-0.05, 0) is 37.1 Å². The maximum Gasteiger partial charge on any atom is 0.0741 e. The predicted molar refractivity (Wildman–Crippen MR) is 72.7 cm³/mol. The average Bonchev–Trinajstić information content (AvgIpc) is 2.33. The number of anilines is 2. The van der Waals surface area contributed by atoms with Gasteiger partial charge in [-0.2, -0.15) is 0 Å². The molecule has 1 aliphatic carbocycles. The molecule has 0 heterocycles. The lowest BCUT2D eigenvalue weighted by Gasteiger charge is -2.29. The molecule has 1 saturated carbocycles. The maximum absolute atomic E-state index is 9.90. The van der Waals surface area contributed by atoms with Gasteiger partial charge in [-0.1, -0.05) is 12.8 Å². The number of hydrogen-bond donors (Lipinski definition) is 2. The summed E-state index contributed by atoms with van der Waals surface area (Å²) in [4.78, 5) is 2.08. The van der Waals surface area contributed by atoms with Gasteiger partial charge in [0.2, 0.25) is 0 Å². The van der Waals surface area contributed by atoms with Crippen molar-refractivity contribution in [1.29, 1.82) is 0 Å². The van der Waals surface area contributed by atoms with Crippen LogP contribution in [0.25, 0.3) is 0 Å². The lowest BCUT2D eigenvalue weighted by atomic mass is 9.92. The normalized spacial score (nSPS) is 24.4. The molecule has 94 valence electrons. The van der Waals surface area contributed by atoms with E-state index in [2.05, 4.69) is 34.5 Å². The molecule has 17 heavy (non-hydrogen) atoms. The Labute approximate surface area is 103 Å². The number of rotatable bonds is 3. The van der Waals surface area contributed by atoms with Gasteiger partial charge in [0, 0.05) is 25.5 Å². The highest BCUT2D eigenvalue weighted by Crippen LogP contribution is 2.23. The second kappa shape index (κ2) is 5.41. The molecule has 0 aromatic heterocycles. The highest BCUT2D eigenvalue weighted by Gasteiger charge is 2.22. The minimum atomic E-state index is -0.197. The largest absolute Gasteiger partial charge is 0.391 e. The Kier molecular flexibility index (Phi) is 3.89. The Morgan fingerprint density at radius 2 is 1.76 bits per heavy atom. The van der Waals surface area contributed by atoms with E-state index in [1.54, 1.807) is 0 Å². The Morgan fingerprint density at radius 1 is 1.12 bits per heavy atom. The van der Waals surface area contributed by atoms with Gasteiger partial charge < -0.3 is 15.3 Å². The molecule has 0 radical (unpaired) electrons. The molecule has 0 aliphatic heterocycles. The summed E-state index contributed by atoms with van der Waals surface area (Å²) in [6, 6.07) is 8.57. The van der Waals surface area contributed by atoms with Gasteiger partial charge in [-0.15, -0.1) is 0 Å². The second-order valence-corrected chi connectivity index (χ2v) is 5.04. The number of benzene rings is 1. The molecule has 1 aromatic carbocycles. The van der Waals surface area contributed by atoms with Crippen molar-refractivity contribution < 1.29 is 5.11 Å². The van der Waals surface area contributed by atoms with Crippen molar-refractivity contribution in [3.05, 3.63) is 24.3 Å². The van der Waals surface area contributed by atoms with E-state index in [4.69, 9.17) is 0 Å². The predicted octanol–water partition coefficient (Wildman–Crippen LogP) is 2.47. The van der Waals surface area contributed by atoms with Crippen LogP contribution in [-0.4, -0.2) is 31.3 Å². The van der Waals surface area contributed by atoms with Crippen molar-refractivity contribution >= 4 is 11.4 Å². The molecule has 3 heteroatoms. The average molecular weight is 234 g/mol. The first-order valence-corrected chi connectivity index (χ1v) is 6.39. The van der Waals surface area contributed by atoms with Gasteiger partial charge in [0.05, 0.1) is 12.1 Å². The molecule has 2 N–H and O–H groups in total. The zero-order valence-electron chi connectivity index (χ0n) is 10.7. The lowest BCUT2D eigenvalue weighted by molar-refractivity contribution is 0.116. The maximum atomic E-state index is 9.90. The molecular weight excluding hydrogens is 212 g/mol. The number of nitrogens with zero attached hydrogens (tertiary/aromatic N) is 1. The van der Waals surface area contributed by atoms with Crippen molar-refractivity contribution in [3.8, 4) is 0 Å². The molecular formula is C14H22N2O. The van der Waals surface area contributed by atoms with E-state index < -0.39 is 0 Å². The quantitative estimate of drug-likeness (QED) is 0.843. The van der Waals surface area contributed by atoms with Crippen LogP contribution in [-0.2, 0) is 0 Å². The third-order valence-corrected chi connectivity index (χ3v) is 3.47. The molecule has 2 atom stereocenters. The smallest absolute Gasteiger partial charge is 0.0741 e.